The van der Waals surface area contributed by atoms with E-state index in [1.54, 1.807) is 5.56 Å². The quantitative estimate of drug-likeness (QED) is 0.809. The molecule has 2 heterocycles. The molecule has 0 aliphatic carbocycles. The van der Waals surface area contributed by atoms with Crippen LogP contribution in [-0.4, -0.2) is 38.1 Å². The summed E-state index contributed by atoms with van der Waals surface area (Å²) in [7, 11) is 4.53. The largest absolute Gasteiger partial charge is 0.370 e. The maximum atomic E-state index is 2.55. The number of piperidine rings is 1. The summed E-state index contributed by atoms with van der Waals surface area (Å²) in [5.41, 5.74) is 4.32. The summed E-state index contributed by atoms with van der Waals surface area (Å²) in [6.07, 6.45) is 1.26. The number of hydrogen-bond acceptors (Lipinski definition) is 3. The number of aryl methyl sites for hydroxylation is 1. The van der Waals surface area contributed by atoms with Gasteiger partial charge >= 0.3 is 0 Å². The molecule has 0 radical (unpaired) electrons. The van der Waals surface area contributed by atoms with Crippen LogP contribution in [0.1, 0.15) is 23.5 Å². The van der Waals surface area contributed by atoms with Gasteiger partial charge in [-0.1, -0.05) is 41.6 Å². The molecule has 0 unspecified atom stereocenters. The van der Waals surface area contributed by atoms with Gasteiger partial charge in [0.15, 0.2) is 0 Å². The van der Waals surface area contributed by atoms with Crippen molar-refractivity contribution in [2.45, 2.75) is 35.1 Å². The second-order valence-corrected chi connectivity index (χ2v) is 8.06. The number of benzene rings is 2. The number of para-hydroxylation sites is 1. The lowest BCUT2D eigenvalue weighted by Gasteiger charge is -2.35. The van der Waals surface area contributed by atoms with E-state index in [1.807, 2.05) is 11.8 Å². The third kappa shape index (κ3) is 2.66. The molecule has 2 atom stereocenters. The minimum Gasteiger partial charge on any atom is -0.370 e. The van der Waals surface area contributed by atoms with Gasteiger partial charge in [-0.3, -0.25) is 0 Å². The Morgan fingerprint density at radius 1 is 1.04 bits per heavy atom. The summed E-state index contributed by atoms with van der Waals surface area (Å²) in [6, 6.07) is 16.4. The van der Waals surface area contributed by atoms with Crippen molar-refractivity contribution >= 4 is 17.4 Å². The van der Waals surface area contributed by atoms with Gasteiger partial charge in [0.05, 0.1) is 5.69 Å². The maximum Gasteiger partial charge on any atom is 0.0544 e. The number of rotatable bonds is 2. The predicted octanol–water partition coefficient (Wildman–Crippen LogP) is 4.38. The van der Waals surface area contributed by atoms with Crippen LogP contribution in [-0.2, 0) is 0 Å². The Kier molecular flexibility index (Phi) is 3.86. The van der Waals surface area contributed by atoms with Gasteiger partial charge in [-0.15, -0.1) is 0 Å². The Balaban J connectivity index is 1.70. The van der Waals surface area contributed by atoms with Gasteiger partial charge in [0.1, 0.15) is 0 Å². The van der Waals surface area contributed by atoms with E-state index in [-0.39, 0.29) is 0 Å². The standard InChI is InChI=1S/C20H24N2S/c1-14-7-9-15(10-8-14)23-19-6-4-5-16-17-13-21(2)12-11-18(17)22(3)20(16)19/h4-10,17-18H,11-13H2,1-3H3/t17-,18+/m1/s1. The van der Waals surface area contributed by atoms with E-state index < -0.39 is 0 Å². The molecule has 0 amide bonds. The zero-order valence-corrected chi connectivity index (χ0v) is 14.9. The van der Waals surface area contributed by atoms with E-state index in [4.69, 9.17) is 0 Å². The molecular weight excluding hydrogens is 300 g/mol. The van der Waals surface area contributed by atoms with E-state index in [9.17, 15) is 0 Å². The molecule has 0 N–H and O–H groups in total. The third-order valence-corrected chi connectivity index (χ3v) is 6.37. The monoisotopic (exact) mass is 324 g/mol. The molecule has 2 aromatic rings. The van der Waals surface area contributed by atoms with Gasteiger partial charge in [0.2, 0.25) is 0 Å². The Morgan fingerprint density at radius 3 is 2.61 bits per heavy atom. The molecule has 4 rings (SSSR count). The average Bonchev–Trinajstić information content (AvgIpc) is 2.83. The lowest BCUT2D eigenvalue weighted by atomic mass is 9.89. The fraction of sp³-hybridized carbons (Fsp3) is 0.400. The highest BCUT2D eigenvalue weighted by atomic mass is 32.2. The van der Waals surface area contributed by atoms with Crippen molar-refractivity contribution in [2.24, 2.45) is 0 Å². The zero-order chi connectivity index (χ0) is 16.0. The molecule has 23 heavy (non-hydrogen) atoms. The van der Waals surface area contributed by atoms with Gasteiger partial charge in [-0.2, -0.15) is 0 Å². The van der Waals surface area contributed by atoms with Crippen LogP contribution in [0.15, 0.2) is 52.3 Å². The molecule has 3 heteroatoms. The van der Waals surface area contributed by atoms with E-state index in [1.165, 1.54) is 40.6 Å². The lowest BCUT2D eigenvalue weighted by Crippen LogP contribution is -2.43. The van der Waals surface area contributed by atoms with Crippen LogP contribution < -0.4 is 4.90 Å². The first-order chi connectivity index (χ1) is 11.1. The number of anilines is 1. The molecule has 2 aromatic carbocycles. The summed E-state index contributed by atoms with van der Waals surface area (Å²) < 4.78 is 0. The lowest BCUT2D eigenvalue weighted by molar-refractivity contribution is 0.234. The highest BCUT2D eigenvalue weighted by molar-refractivity contribution is 7.99. The van der Waals surface area contributed by atoms with Crippen molar-refractivity contribution < 1.29 is 0 Å². The molecule has 2 nitrogen and oxygen atoms in total. The number of likely N-dealkylation sites (tertiary alicyclic amines) is 1. The minimum absolute atomic E-state index is 0.660. The molecule has 0 aromatic heterocycles. The van der Waals surface area contributed by atoms with Gasteiger partial charge in [-0.05, 0) is 50.7 Å². The fourth-order valence-corrected chi connectivity index (χ4v) is 5.10. The van der Waals surface area contributed by atoms with Gasteiger partial charge in [0.25, 0.3) is 0 Å². The fourth-order valence-electron chi connectivity index (χ4n) is 4.07. The van der Waals surface area contributed by atoms with Crippen LogP contribution in [0, 0.1) is 6.92 Å². The van der Waals surface area contributed by atoms with Crippen molar-refractivity contribution in [2.75, 3.05) is 32.1 Å². The van der Waals surface area contributed by atoms with E-state index in [0.29, 0.717) is 12.0 Å². The first-order valence-electron chi connectivity index (χ1n) is 8.42. The normalized spacial score (nSPS) is 23.7. The van der Waals surface area contributed by atoms with E-state index in [0.717, 1.165) is 0 Å². The molecule has 0 bridgehead atoms. The molecule has 2 aliphatic rings. The van der Waals surface area contributed by atoms with Gasteiger partial charge < -0.3 is 9.80 Å². The summed E-state index contributed by atoms with van der Waals surface area (Å²) in [6.45, 7) is 4.53. The third-order valence-electron chi connectivity index (χ3n) is 5.31. The molecule has 2 aliphatic heterocycles. The second-order valence-electron chi connectivity index (χ2n) is 6.94. The molecule has 0 saturated carbocycles. The smallest absolute Gasteiger partial charge is 0.0544 e. The predicted molar refractivity (Wildman–Crippen MR) is 98.8 cm³/mol. The van der Waals surface area contributed by atoms with Crippen LogP contribution in [0.4, 0.5) is 5.69 Å². The van der Waals surface area contributed by atoms with Crippen molar-refractivity contribution in [3.8, 4) is 0 Å². The highest BCUT2D eigenvalue weighted by Gasteiger charge is 2.40. The Morgan fingerprint density at radius 2 is 1.83 bits per heavy atom. The van der Waals surface area contributed by atoms with Gasteiger partial charge in [-0.25, -0.2) is 0 Å². The number of likely N-dealkylation sites (N-methyl/N-ethyl adjacent to an activating group) is 2. The number of nitrogens with zero attached hydrogens (tertiary/aromatic N) is 2. The summed E-state index contributed by atoms with van der Waals surface area (Å²) in [5.74, 6) is 0.660. The summed E-state index contributed by atoms with van der Waals surface area (Å²) >= 11 is 1.90. The van der Waals surface area contributed by atoms with E-state index in [2.05, 4.69) is 73.3 Å². The Bertz CT molecular complexity index is 710. The van der Waals surface area contributed by atoms with Crippen LogP contribution in [0.3, 0.4) is 0 Å². The minimum atomic E-state index is 0.660. The summed E-state index contributed by atoms with van der Waals surface area (Å²) in [4.78, 5) is 7.74. The van der Waals surface area contributed by atoms with Crippen LogP contribution in [0.25, 0.3) is 0 Å². The Labute approximate surface area is 143 Å². The van der Waals surface area contributed by atoms with Gasteiger partial charge in [0, 0.05) is 35.3 Å². The highest BCUT2D eigenvalue weighted by Crippen LogP contribution is 2.49. The topological polar surface area (TPSA) is 6.48 Å². The number of hydrogen-bond donors (Lipinski definition) is 0. The Hall–Kier alpha value is -1.45. The van der Waals surface area contributed by atoms with E-state index >= 15 is 0 Å². The van der Waals surface area contributed by atoms with Crippen LogP contribution in [0.2, 0.25) is 0 Å². The first kappa shape index (κ1) is 15.1. The SMILES string of the molecule is Cc1ccc(Sc2cccc3c2N(C)[C@H]2CCN(C)C[C@H]32)cc1. The molecule has 1 saturated heterocycles. The molecular formula is C20H24N2S. The first-order valence-corrected chi connectivity index (χ1v) is 9.24. The second kappa shape index (κ2) is 5.88. The van der Waals surface area contributed by atoms with Crippen LogP contribution >= 0.6 is 11.8 Å². The van der Waals surface area contributed by atoms with Crippen molar-refractivity contribution in [1.29, 1.82) is 0 Å². The maximum absolute atomic E-state index is 2.55. The molecule has 120 valence electrons. The number of fused-ring (bicyclic) bond motifs is 3. The summed E-state index contributed by atoms with van der Waals surface area (Å²) in [5, 5.41) is 0. The zero-order valence-electron chi connectivity index (χ0n) is 14.1. The average molecular weight is 324 g/mol. The molecule has 0 spiro atoms. The van der Waals surface area contributed by atoms with Crippen molar-refractivity contribution in [3.05, 3.63) is 53.6 Å². The van der Waals surface area contributed by atoms with Crippen molar-refractivity contribution in [3.63, 3.8) is 0 Å². The molecule has 1 fully saturated rings. The van der Waals surface area contributed by atoms with Crippen LogP contribution in [0.5, 0.6) is 0 Å². The van der Waals surface area contributed by atoms with Crippen molar-refractivity contribution in [1.82, 2.24) is 4.90 Å².